The Labute approximate surface area is 112 Å². The molecule has 1 atom stereocenters. The van der Waals surface area contributed by atoms with Crippen molar-refractivity contribution in [2.45, 2.75) is 33.6 Å². The molecule has 2 amide bonds. The zero-order valence-corrected chi connectivity index (χ0v) is 11.5. The summed E-state index contributed by atoms with van der Waals surface area (Å²) in [5.41, 5.74) is 2.01. The number of aliphatic imine (C=N–C) groups is 1. The van der Waals surface area contributed by atoms with Crippen LogP contribution < -0.4 is 10.6 Å². The molecule has 6 nitrogen and oxygen atoms in total. The van der Waals surface area contributed by atoms with Gasteiger partial charge in [0.15, 0.2) is 5.84 Å². The number of carbonyl (C=O) groups is 1. The number of allylic oxidation sites excluding steroid dienone is 1. The molecule has 0 unspecified atom stereocenters. The summed E-state index contributed by atoms with van der Waals surface area (Å²) in [7, 11) is 0. The number of carbonyl (C=O) groups excluding carboxylic acids is 1. The zero-order chi connectivity index (χ0) is 13.8. The molecule has 0 bridgehead atoms. The minimum absolute atomic E-state index is 0.111. The molecule has 2 rings (SSSR count). The minimum Gasteiger partial charge on any atom is -0.338 e. The van der Waals surface area contributed by atoms with Gasteiger partial charge in [0.25, 0.3) is 0 Å². The lowest BCUT2D eigenvalue weighted by molar-refractivity contribution is 0.245. The monoisotopic (exact) mass is 261 g/mol. The highest BCUT2D eigenvalue weighted by molar-refractivity contribution is 6.20. The summed E-state index contributed by atoms with van der Waals surface area (Å²) in [5, 5.41) is 13.6. The average molecular weight is 261 g/mol. The van der Waals surface area contributed by atoms with Gasteiger partial charge in [-0.15, -0.1) is 10.2 Å². The Balaban J connectivity index is 1.95. The molecule has 2 heterocycles. The molecule has 0 aromatic rings. The van der Waals surface area contributed by atoms with Crippen LogP contribution >= 0.6 is 0 Å². The van der Waals surface area contributed by atoms with Gasteiger partial charge in [-0.25, -0.2) is 9.79 Å². The largest absolute Gasteiger partial charge is 0.338 e. The number of fused-ring (bicyclic) bond motifs is 1. The number of urea groups is 1. The normalized spacial score (nSPS) is 20.9. The molecule has 0 radical (unpaired) electrons. The summed E-state index contributed by atoms with van der Waals surface area (Å²) in [4.78, 5) is 16.0. The van der Waals surface area contributed by atoms with Crippen LogP contribution in [-0.2, 0) is 0 Å². The van der Waals surface area contributed by atoms with Gasteiger partial charge >= 0.3 is 6.03 Å². The van der Waals surface area contributed by atoms with Gasteiger partial charge in [-0.1, -0.05) is 18.9 Å². The molecular weight excluding hydrogens is 242 g/mol. The summed E-state index contributed by atoms with van der Waals surface area (Å²) in [5.74, 6) is 1.09. The molecule has 0 saturated carbocycles. The van der Waals surface area contributed by atoms with Crippen LogP contribution in [0.4, 0.5) is 4.79 Å². The third kappa shape index (κ3) is 3.07. The van der Waals surface area contributed by atoms with Gasteiger partial charge < -0.3 is 5.32 Å². The first-order chi connectivity index (χ1) is 9.11. The molecule has 2 aliphatic heterocycles. The molecule has 0 aromatic heterocycles. The lowest BCUT2D eigenvalue weighted by atomic mass is 9.95. The Morgan fingerprint density at radius 3 is 2.89 bits per heavy atom. The van der Waals surface area contributed by atoms with Crippen LogP contribution in [0, 0.1) is 5.92 Å². The number of nitrogens with one attached hydrogen (secondary N) is 2. The summed E-state index contributed by atoms with van der Waals surface area (Å²) in [6.07, 6.45) is 4.00. The van der Waals surface area contributed by atoms with E-state index in [0.717, 1.165) is 24.1 Å². The lowest BCUT2D eigenvalue weighted by Crippen LogP contribution is -2.43. The van der Waals surface area contributed by atoms with Crippen molar-refractivity contribution >= 4 is 23.4 Å². The summed E-state index contributed by atoms with van der Waals surface area (Å²) in [6.45, 7) is 6.67. The highest BCUT2D eigenvalue weighted by Crippen LogP contribution is 2.23. The number of rotatable bonds is 3. The molecule has 0 saturated heterocycles. The summed E-state index contributed by atoms with van der Waals surface area (Å²) < 4.78 is 0. The molecule has 2 N–H and O–H groups in total. The van der Waals surface area contributed by atoms with Crippen LogP contribution in [0.2, 0.25) is 0 Å². The Kier molecular flexibility index (Phi) is 4.09. The summed E-state index contributed by atoms with van der Waals surface area (Å²) in [6, 6.07) is -0.234. The number of dihydropyridines is 1. The number of amidine groups is 2. The predicted molar refractivity (Wildman–Crippen MR) is 76.7 cm³/mol. The number of unbranched alkanes of at least 4 members (excludes halogenated alkanes) is 1. The summed E-state index contributed by atoms with van der Waals surface area (Å²) >= 11 is 0. The van der Waals surface area contributed by atoms with Gasteiger partial charge in [-0.3, -0.25) is 5.32 Å². The van der Waals surface area contributed by atoms with Gasteiger partial charge in [0, 0.05) is 12.3 Å². The zero-order valence-electron chi connectivity index (χ0n) is 11.5. The SMILES string of the molecule is CCCCNC(=O)NC1=NN=C2N=C(C)C=C(C)[C@H]21. The number of hydrogen-bond donors (Lipinski definition) is 2. The van der Waals surface area contributed by atoms with Gasteiger partial charge in [0.1, 0.15) is 11.8 Å². The molecule has 0 aromatic carbocycles. The van der Waals surface area contributed by atoms with Crippen LogP contribution in [0.5, 0.6) is 0 Å². The Hall–Kier alpha value is -1.98. The first kappa shape index (κ1) is 13.5. The second-order valence-electron chi connectivity index (χ2n) is 4.75. The van der Waals surface area contributed by atoms with Crippen molar-refractivity contribution in [1.29, 1.82) is 0 Å². The van der Waals surface area contributed by atoms with E-state index in [0.29, 0.717) is 18.2 Å². The first-order valence-electron chi connectivity index (χ1n) is 6.55. The second kappa shape index (κ2) is 5.77. The van der Waals surface area contributed by atoms with E-state index >= 15 is 0 Å². The molecule has 19 heavy (non-hydrogen) atoms. The maximum Gasteiger partial charge on any atom is 0.320 e. The van der Waals surface area contributed by atoms with Crippen LogP contribution in [0.25, 0.3) is 0 Å². The lowest BCUT2D eigenvalue weighted by Gasteiger charge is -2.18. The number of hydrogen-bond acceptors (Lipinski definition) is 4. The van der Waals surface area contributed by atoms with Crippen molar-refractivity contribution in [3.8, 4) is 0 Å². The van der Waals surface area contributed by atoms with Crippen molar-refractivity contribution in [2.24, 2.45) is 21.1 Å². The van der Waals surface area contributed by atoms with Gasteiger partial charge in [-0.05, 0) is 26.3 Å². The minimum atomic E-state index is -0.234. The van der Waals surface area contributed by atoms with E-state index in [1.807, 2.05) is 19.9 Å². The van der Waals surface area contributed by atoms with E-state index in [1.165, 1.54) is 0 Å². The average Bonchev–Trinajstić information content (AvgIpc) is 2.72. The van der Waals surface area contributed by atoms with Crippen LogP contribution in [-0.4, -0.2) is 30.0 Å². The smallest absolute Gasteiger partial charge is 0.320 e. The highest BCUT2D eigenvalue weighted by Gasteiger charge is 2.32. The first-order valence-corrected chi connectivity index (χ1v) is 6.55. The van der Waals surface area contributed by atoms with E-state index < -0.39 is 0 Å². The second-order valence-corrected chi connectivity index (χ2v) is 4.75. The van der Waals surface area contributed by atoms with E-state index in [1.54, 1.807) is 0 Å². The number of nitrogens with zero attached hydrogens (tertiary/aromatic N) is 3. The fourth-order valence-corrected chi connectivity index (χ4v) is 2.11. The van der Waals surface area contributed by atoms with Crippen LogP contribution in [0.1, 0.15) is 33.6 Å². The van der Waals surface area contributed by atoms with Crippen LogP contribution in [0.15, 0.2) is 26.8 Å². The van der Waals surface area contributed by atoms with Gasteiger partial charge in [0.2, 0.25) is 0 Å². The van der Waals surface area contributed by atoms with Crippen molar-refractivity contribution in [3.05, 3.63) is 11.6 Å². The Morgan fingerprint density at radius 2 is 2.16 bits per heavy atom. The topological polar surface area (TPSA) is 78.2 Å². The van der Waals surface area contributed by atoms with Gasteiger partial charge in [-0.2, -0.15) is 0 Å². The highest BCUT2D eigenvalue weighted by atomic mass is 16.2. The Bertz CT molecular complexity index is 501. The predicted octanol–water partition coefficient (Wildman–Crippen LogP) is 1.85. The molecule has 0 spiro atoms. The molecule has 0 fully saturated rings. The molecule has 6 heteroatoms. The quantitative estimate of drug-likeness (QED) is 0.747. The standard InChI is InChI=1S/C13H19N5O/c1-4-5-6-14-13(19)16-12-10-8(2)7-9(3)15-11(10)17-18-12/h7,10H,4-6H2,1-3H3,(H2,14,16,18,19)/t10-/m1/s1. The molecule has 0 aliphatic carbocycles. The number of amides is 2. The molecule has 2 aliphatic rings. The molecular formula is C13H19N5O. The van der Waals surface area contributed by atoms with Crippen molar-refractivity contribution < 1.29 is 4.79 Å². The van der Waals surface area contributed by atoms with E-state index in [-0.39, 0.29) is 11.9 Å². The Morgan fingerprint density at radius 1 is 1.37 bits per heavy atom. The van der Waals surface area contributed by atoms with Crippen LogP contribution in [0.3, 0.4) is 0 Å². The third-order valence-corrected chi connectivity index (χ3v) is 3.03. The fraction of sp³-hybridized carbons (Fsp3) is 0.538. The maximum absolute atomic E-state index is 11.7. The van der Waals surface area contributed by atoms with E-state index in [4.69, 9.17) is 0 Å². The maximum atomic E-state index is 11.7. The van der Waals surface area contributed by atoms with Crippen molar-refractivity contribution in [1.82, 2.24) is 10.6 Å². The van der Waals surface area contributed by atoms with Crippen molar-refractivity contribution in [2.75, 3.05) is 6.54 Å². The van der Waals surface area contributed by atoms with Crippen molar-refractivity contribution in [3.63, 3.8) is 0 Å². The molecule has 102 valence electrons. The fourth-order valence-electron chi connectivity index (χ4n) is 2.11. The third-order valence-electron chi connectivity index (χ3n) is 3.03. The van der Waals surface area contributed by atoms with Gasteiger partial charge in [0.05, 0.1) is 0 Å². The van der Waals surface area contributed by atoms with E-state index in [2.05, 4.69) is 32.8 Å². The van der Waals surface area contributed by atoms with E-state index in [9.17, 15) is 4.79 Å².